The summed E-state index contributed by atoms with van der Waals surface area (Å²) in [4.78, 5) is 0. The van der Waals surface area contributed by atoms with Gasteiger partial charge in [-0.3, -0.25) is 0 Å². The number of aromatic hydroxyl groups is 1. The fourth-order valence-corrected chi connectivity index (χ4v) is 5.26. The van der Waals surface area contributed by atoms with Crippen LogP contribution < -0.4 is 15.4 Å². The summed E-state index contributed by atoms with van der Waals surface area (Å²) in [5.41, 5.74) is 8.31. The van der Waals surface area contributed by atoms with Crippen molar-refractivity contribution >= 4 is 5.69 Å². The average Bonchev–Trinajstić information content (AvgIpc) is 2.89. The lowest BCUT2D eigenvalue weighted by molar-refractivity contribution is 0.381. The standard InChI is InChI=1S/C33H44N2O2/c1-33(2,3)23-34-19-17-25-9-7-24(8-10-25)6-5-18-35-32-22-30(37-4)15-16-31(32)28-12-11-27-21-29(36)14-13-26(27)20-28/h7-10,13-16,21-22,28,34-36H,5-6,11-12,17-20,23H2,1-4H3/t28-/m1/s1. The average molecular weight is 501 g/mol. The molecule has 0 aliphatic heterocycles. The van der Waals surface area contributed by atoms with E-state index in [1.807, 2.05) is 12.1 Å². The zero-order valence-electron chi connectivity index (χ0n) is 23.1. The van der Waals surface area contributed by atoms with Gasteiger partial charge < -0.3 is 20.5 Å². The first-order valence-electron chi connectivity index (χ1n) is 13.8. The van der Waals surface area contributed by atoms with Crippen molar-refractivity contribution in [2.45, 2.75) is 65.2 Å². The number of phenolic OH excluding ortho intramolecular Hbond substituents is 1. The third kappa shape index (κ3) is 8.00. The minimum atomic E-state index is 0.330. The van der Waals surface area contributed by atoms with Gasteiger partial charge in [-0.25, -0.2) is 0 Å². The molecule has 37 heavy (non-hydrogen) atoms. The highest BCUT2D eigenvalue weighted by atomic mass is 16.5. The van der Waals surface area contributed by atoms with Crippen LogP contribution in [0, 0.1) is 5.41 Å². The van der Waals surface area contributed by atoms with Crippen LogP contribution in [-0.4, -0.2) is 31.9 Å². The summed E-state index contributed by atoms with van der Waals surface area (Å²) in [5.74, 6) is 1.72. The van der Waals surface area contributed by atoms with E-state index in [2.05, 4.69) is 79.9 Å². The van der Waals surface area contributed by atoms with Crippen molar-refractivity contribution < 1.29 is 9.84 Å². The molecule has 0 aromatic heterocycles. The Labute approximate surface area is 223 Å². The van der Waals surface area contributed by atoms with Crippen molar-refractivity contribution in [3.63, 3.8) is 0 Å². The van der Waals surface area contributed by atoms with Crippen molar-refractivity contribution in [1.29, 1.82) is 0 Å². The molecule has 1 atom stereocenters. The molecule has 0 radical (unpaired) electrons. The number of ether oxygens (including phenoxy) is 1. The van der Waals surface area contributed by atoms with Crippen LogP contribution in [0.3, 0.4) is 0 Å². The number of benzene rings is 3. The molecule has 3 N–H and O–H groups in total. The fourth-order valence-electron chi connectivity index (χ4n) is 5.26. The molecule has 198 valence electrons. The Bertz CT molecular complexity index is 1150. The van der Waals surface area contributed by atoms with E-state index in [0.29, 0.717) is 17.1 Å². The lowest BCUT2D eigenvalue weighted by atomic mass is 9.79. The number of rotatable bonds is 11. The van der Waals surface area contributed by atoms with E-state index in [4.69, 9.17) is 4.74 Å². The van der Waals surface area contributed by atoms with Gasteiger partial charge in [0.1, 0.15) is 11.5 Å². The zero-order chi connectivity index (χ0) is 26.3. The summed E-state index contributed by atoms with van der Waals surface area (Å²) >= 11 is 0. The predicted molar refractivity (Wildman–Crippen MR) is 155 cm³/mol. The minimum absolute atomic E-state index is 0.330. The molecule has 4 heteroatoms. The molecule has 1 aliphatic carbocycles. The molecule has 3 aromatic rings. The first-order chi connectivity index (χ1) is 17.8. The van der Waals surface area contributed by atoms with Crippen LogP contribution in [0.5, 0.6) is 11.5 Å². The number of aryl methyl sites for hydroxylation is 2. The highest BCUT2D eigenvalue weighted by Gasteiger charge is 2.23. The van der Waals surface area contributed by atoms with Crippen molar-refractivity contribution in [3.05, 3.63) is 88.5 Å². The second kappa shape index (κ2) is 12.5. The van der Waals surface area contributed by atoms with Crippen LogP contribution in [0.25, 0.3) is 0 Å². The molecular weight excluding hydrogens is 456 g/mol. The highest BCUT2D eigenvalue weighted by Crippen LogP contribution is 2.38. The number of fused-ring (bicyclic) bond motifs is 1. The van der Waals surface area contributed by atoms with E-state index in [1.54, 1.807) is 7.11 Å². The molecule has 1 aliphatic rings. The fraction of sp³-hybridized carbons (Fsp3) is 0.455. The van der Waals surface area contributed by atoms with E-state index in [1.165, 1.54) is 33.5 Å². The topological polar surface area (TPSA) is 53.5 Å². The number of hydrogen-bond donors (Lipinski definition) is 3. The van der Waals surface area contributed by atoms with Crippen LogP contribution in [0.2, 0.25) is 0 Å². The van der Waals surface area contributed by atoms with Gasteiger partial charge in [0, 0.05) is 24.8 Å². The van der Waals surface area contributed by atoms with Gasteiger partial charge in [0.25, 0.3) is 0 Å². The van der Waals surface area contributed by atoms with Crippen molar-refractivity contribution in [2.75, 3.05) is 32.1 Å². The second-order valence-electron chi connectivity index (χ2n) is 11.7. The first kappa shape index (κ1) is 27.1. The van der Waals surface area contributed by atoms with Crippen LogP contribution in [0.4, 0.5) is 5.69 Å². The Kier molecular flexibility index (Phi) is 9.15. The summed E-state index contributed by atoms with van der Waals surface area (Å²) in [6, 6.07) is 21.4. The van der Waals surface area contributed by atoms with Gasteiger partial charge in [0.15, 0.2) is 0 Å². The maximum Gasteiger partial charge on any atom is 0.120 e. The summed E-state index contributed by atoms with van der Waals surface area (Å²) in [6.45, 7) is 9.79. The van der Waals surface area contributed by atoms with Crippen LogP contribution in [0.1, 0.15) is 67.3 Å². The van der Waals surface area contributed by atoms with Gasteiger partial charge >= 0.3 is 0 Å². The molecule has 0 saturated heterocycles. The van der Waals surface area contributed by atoms with E-state index in [-0.39, 0.29) is 0 Å². The largest absolute Gasteiger partial charge is 0.508 e. The lowest BCUT2D eigenvalue weighted by Crippen LogP contribution is -2.28. The quantitative estimate of drug-likeness (QED) is 0.251. The molecule has 4 rings (SSSR count). The van der Waals surface area contributed by atoms with E-state index in [9.17, 15) is 5.11 Å². The smallest absolute Gasteiger partial charge is 0.120 e. The van der Waals surface area contributed by atoms with Crippen LogP contribution in [0.15, 0.2) is 60.7 Å². The number of nitrogens with one attached hydrogen (secondary N) is 2. The SMILES string of the molecule is COc1ccc([C@@H]2CCc3cc(O)ccc3C2)c(NCCCc2ccc(CCNCC(C)(C)C)cc2)c1. The third-order valence-corrected chi connectivity index (χ3v) is 7.35. The van der Waals surface area contributed by atoms with Gasteiger partial charge in [0.05, 0.1) is 7.11 Å². The van der Waals surface area contributed by atoms with Crippen LogP contribution in [-0.2, 0) is 25.7 Å². The molecule has 0 saturated carbocycles. The summed E-state index contributed by atoms with van der Waals surface area (Å²) in [6.07, 6.45) is 6.32. The molecule has 0 unspecified atom stereocenters. The predicted octanol–water partition coefficient (Wildman–Crippen LogP) is 6.90. The minimum Gasteiger partial charge on any atom is -0.508 e. The number of anilines is 1. The molecule has 0 amide bonds. The normalized spacial score (nSPS) is 15.3. The van der Waals surface area contributed by atoms with E-state index in [0.717, 1.165) is 63.9 Å². The van der Waals surface area contributed by atoms with Crippen molar-refractivity contribution in [2.24, 2.45) is 5.41 Å². The van der Waals surface area contributed by atoms with E-state index < -0.39 is 0 Å². The Hall–Kier alpha value is -2.98. The molecule has 0 bridgehead atoms. The zero-order valence-corrected chi connectivity index (χ0v) is 23.1. The van der Waals surface area contributed by atoms with Crippen molar-refractivity contribution in [1.82, 2.24) is 5.32 Å². The highest BCUT2D eigenvalue weighted by molar-refractivity contribution is 5.57. The third-order valence-electron chi connectivity index (χ3n) is 7.35. The first-order valence-corrected chi connectivity index (χ1v) is 13.8. The maximum atomic E-state index is 9.83. The molecule has 3 aromatic carbocycles. The van der Waals surface area contributed by atoms with Gasteiger partial charge in [-0.05, 0) is 102 Å². The van der Waals surface area contributed by atoms with Gasteiger partial charge in [0.2, 0.25) is 0 Å². The Morgan fingerprint density at radius 2 is 1.65 bits per heavy atom. The maximum absolute atomic E-state index is 9.83. The number of hydrogen-bond acceptors (Lipinski definition) is 4. The summed E-state index contributed by atoms with van der Waals surface area (Å²) < 4.78 is 5.53. The molecule has 0 heterocycles. The molecule has 0 fully saturated rings. The summed E-state index contributed by atoms with van der Waals surface area (Å²) in [5, 5.41) is 17.1. The van der Waals surface area contributed by atoms with Crippen molar-refractivity contribution in [3.8, 4) is 11.5 Å². The monoisotopic (exact) mass is 500 g/mol. The second-order valence-corrected chi connectivity index (χ2v) is 11.7. The Morgan fingerprint density at radius 1 is 0.892 bits per heavy atom. The number of methoxy groups -OCH3 is 1. The number of phenols is 1. The Balaban J connectivity index is 1.29. The Morgan fingerprint density at radius 3 is 2.38 bits per heavy atom. The van der Waals surface area contributed by atoms with Crippen LogP contribution >= 0.6 is 0 Å². The molecule has 0 spiro atoms. The van der Waals surface area contributed by atoms with Gasteiger partial charge in [-0.2, -0.15) is 0 Å². The molecular formula is C33H44N2O2. The molecule has 4 nitrogen and oxygen atoms in total. The van der Waals surface area contributed by atoms with Gasteiger partial charge in [-0.15, -0.1) is 0 Å². The van der Waals surface area contributed by atoms with Gasteiger partial charge in [-0.1, -0.05) is 57.2 Å². The van der Waals surface area contributed by atoms with E-state index >= 15 is 0 Å². The summed E-state index contributed by atoms with van der Waals surface area (Å²) in [7, 11) is 1.73. The lowest BCUT2D eigenvalue weighted by Gasteiger charge is -2.27.